The van der Waals surface area contributed by atoms with E-state index in [-0.39, 0.29) is 6.09 Å². The molecule has 98 valence electrons. The Hall–Kier alpha value is -1.42. The van der Waals surface area contributed by atoms with Crippen LogP contribution in [0.5, 0.6) is 0 Å². The van der Waals surface area contributed by atoms with E-state index in [0.717, 1.165) is 11.4 Å². The third kappa shape index (κ3) is 2.88. The van der Waals surface area contributed by atoms with Gasteiger partial charge in [0.25, 0.3) is 0 Å². The zero-order chi connectivity index (χ0) is 13.3. The second-order valence-electron chi connectivity index (χ2n) is 5.22. The largest absolute Gasteiger partial charge is 0.443 e. The standard InChI is InChI=1S/C13H17ClN2O2/c1-13(2,3)18-12(17)16-7-6-15-10-8-9(14)4-5-11(10)16/h4-5,8,15H,6-7H2,1-3H3. The fourth-order valence-corrected chi connectivity index (χ4v) is 1.99. The van der Waals surface area contributed by atoms with Crippen LogP contribution in [0.15, 0.2) is 18.2 Å². The average Bonchev–Trinajstić information content (AvgIpc) is 2.25. The molecule has 0 saturated carbocycles. The zero-order valence-corrected chi connectivity index (χ0v) is 11.5. The summed E-state index contributed by atoms with van der Waals surface area (Å²) in [7, 11) is 0. The highest BCUT2D eigenvalue weighted by Gasteiger charge is 2.27. The van der Waals surface area contributed by atoms with Crippen molar-refractivity contribution < 1.29 is 9.53 Å². The van der Waals surface area contributed by atoms with Gasteiger partial charge in [0.05, 0.1) is 11.4 Å². The summed E-state index contributed by atoms with van der Waals surface area (Å²) in [6.45, 7) is 6.84. The molecule has 0 atom stereocenters. The van der Waals surface area contributed by atoms with Crippen LogP contribution in [0.4, 0.5) is 16.2 Å². The van der Waals surface area contributed by atoms with Crippen molar-refractivity contribution in [1.82, 2.24) is 0 Å². The maximum Gasteiger partial charge on any atom is 0.414 e. The lowest BCUT2D eigenvalue weighted by atomic mass is 10.2. The average molecular weight is 269 g/mol. The molecule has 1 aromatic rings. The fourth-order valence-electron chi connectivity index (χ4n) is 1.81. The molecule has 0 aliphatic carbocycles. The molecule has 1 heterocycles. The first-order valence-corrected chi connectivity index (χ1v) is 6.28. The monoisotopic (exact) mass is 268 g/mol. The molecule has 0 saturated heterocycles. The lowest BCUT2D eigenvalue weighted by molar-refractivity contribution is 0.0581. The summed E-state index contributed by atoms with van der Waals surface area (Å²) < 4.78 is 5.39. The molecule has 0 bridgehead atoms. The molecule has 1 aliphatic rings. The Morgan fingerprint density at radius 2 is 2.17 bits per heavy atom. The molecule has 0 fully saturated rings. The summed E-state index contributed by atoms with van der Waals surface area (Å²) in [5.41, 5.74) is 1.17. The zero-order valence-electron chi connectivity index (χ0n) is 10.8. The van der Waals surface area contributed by atoms with Gasteiger partial charge in [-0.2, -0.15) is 0 Å². The molecular weight excluding hydrogens is 252 g/mol. The molecule has 1 amide bonds. The van der Waals surface area contributed by atoms with Gasteiger partial charge < -0.3 is 10.1 Å². The third-order valence-electron chi connectivity index (χ3n) is 2.51. The van der Waals surface area contributed by atoms with Crippen molar-refractivity contribution in [3.8, 4) is 0 Å². The number of halogens is 1. The van der Waals surface area contributed by atoms with Crippen LogP contribution in [0.25, 0.3) is 0 Å². The van der Waals surface area contributed by atoms with Crippen LogP contribution in [-0.2, 0) is 4.74 Å². The van der Waals surface area contributed by atoms with Crippen LogP contribution in [0.3, 0.4) is 0 Å². The normalized spacial score (nSPS) is 14.8. The topological polar surface area (TPSA) is 41.6 Å². The highest BCUT2D eigenvalue weighted by Crippen LogP contribution is 2.32. The number of benzene rings is 1. The minimum absolute atomic E-state index is 0.326. The van der Waals surface area contributed by atoms with E-state index in [1.54, 1.807) is 11.0 Å². The molecule has 1 N–H and O–H groups in total. The van der Waals surface area contributed by atoms with E-state index < -0.39 is 5.60 Å². The fraction of sp³-hybridized carbons (Fsp3) is 0.462. The number of fused-ring (bicyclic) bond motifs is 1. The van der Waals surface area contributed by atoms with Gasteiger partial charge in [-0.15, -0.1) is 0 Å². The van der Waals surface area contributed by atoms with Crippen molar-refractivity contribution >= 4 is 29.1 Å². The maximum atomic E-state index is 12.1. The van der Waals surface area contributed by atoms with Crippen molar-refractivity contribution in [3.63, 3.8) is 0 Å². The predicted octanol–water partition coefficient (Wildman–Crippen LogP) is 3.51. The predicted molar refractivity (Wildman–Crippen MR) is 73.5 cm³/mol. The Morgan fingerprint density at radius 1 is 1.44 bits per heavy atom. The van der Waals surface area contributed by atoms with Crippen molar-refractivity contribution in [2.75, 3.05) is 23.3 Å². The first-order valence-electron chi connectivity index (χ1n) is 5.91. The third-order valence-corrected chi connectivity index (χ3v) is 2.75. The van der Waals surface area contributed by atoms with Crippen LogP contribution in [-0.4, -0.2) is 24.8 Å². The second-order valence-corrected chi connectivity index (χ2v) is 5.66. The van der Waals surface area contributed by atoms with Gasteiger partial charge in [-0.1, -0.05) is 11.6 Å². The van der Waals surface area contributed by atoms with Gasteiger partial charge in [0, 0.05) is 18.1 Å². The summed E-state index contributed by atoms with van der Waals surface area (Å²) in [5.74, 6) is 0. The van der Waals surface area contributed by atoms with Gasteiger partial charge in [-0.3, -0.25) is 4.90 Å². The van der Waals surface area contributed by atoms with E-state index in [4.69, 9.17) is 16.3 Å². The summed E-state index contributed by atoms with van der Waals surface area (Å²) in [5, 5.41) is 3.86. The molecule has 0 spiro atoms. The quantitative estimate of drug-likeness (QED) is 0.783. The Morgan fingerprint density at radius 3 is 2.83 bits per heavy atom. The number of nitrogens with one attached hydrogen (secondary N) is 1. The number of carbonyl (C=O) groups excluding carboxylic acids is 1. The van der Waals surface area contributed by atoms with Crippen LogP contribution in [0.1, 0.15) is 20.8 Å². The molecule has 5 heteroatoms. The SMILES string of the molecule is CC(C)(C)OC(=O)N1CCNc2cc(Cl)ccc21. The number of ether oxygens (including phenoxy) is 1. The van der Waals surface area contributed by atoms with Gasteiger partial charge >= 0.3 is 6.09 Å². The van der Waals surface area contributed by atoms with E-state index >= 15 is 0 Å². The first kappa shape index (κ1) is 13.0. The van der Waals surface area contributed by atoms with E-state index in [1.807, 2.05) is 32.9 Å². The van der Waals surface area contributed by atoms with Crippen molar-refractivity contribution in [2.24, 2.45) is 0 Å². The summed E-state index contributed by atoms with van der Waals surface area (Å²) in [6, 6.07) is 5.41. The van der Waals surface area contributed by atoms with Crippen LogP contribution < -0.4 is 10.2 Å². The molecule has 0 radical (unpaired) electrons. The molecule has 1 aromatic carbocycles. The highest BCUT2D eigenvalue weighted by molar-refractivity contribution is 6.31. The smallest absolute Gasteiger partial charge is 0.414 e. The first-order chi connectivity index (χ1) is 8.37. The molecule has 0 aromatic heterocycles. The molecular formula is C13H17ClN2O2. The summed E-state index contributed by atoms with van der Waals surface area (Å²) in [4.78, 5) is 13.7. The minimum Gasteiger partial charge on any atom is -0.443 e. The Labute approximate surface area is 112 Å². The van der Waals surface area contributed by atoms with E-state index in [9.17, 15) is 4.79 Å². The molecule has 1 aliphatic heterocycles. The van der Waals surface area contributed by atoms with Gasteiger partial charge in [-0.25, -0.2) is 4.79 Å². The lowest BCUT2D eigenvalue weighted by Gasteiger charge is -2.32. The number of hydrogen-bond acceptors (Lipinski definition) is 3. The number of anilines is 2. The molecule has 18 heavy (non-hydrogen) atoms. The lowest BCUT2D eigenvalue weighted by Crippen LogP contribution is -2.42. The minimum atomic E-state index is -0.492. The number of carbonyl (C=O) groups is 1. The second kappa shape index (κ2) is 4.69. The number of rotatable bonds is 0. The van der Waals surface area contributed by atoms with Crippen LogP contribution in [0, 0.1) is 0 Å². The number of nitrogens with zero attached hydrogens (tertiary/aromatic N) is 1. The Kier molecular flexibility index (Phi) is 3.39. The van der Waals surface area contributed by atoms with Crippen molar-refractivity contribution in [2.45, 2.75) is 26.4 Å². The Bertz CT molecular complexity index is 469. The summed E-state index contributed by atoms with van der Waals surface area (Å²) >= 11 is 5.94. The summed E-state index contributed by atoms with van der Waals surface area (Å²) in [6.07, 6.45) is -0.326. The van der Waals surface area contributed by atoms with Gasteiger partial charge in [0.2, 0.25) is 0 Å². The maximum absolute atomic E-state index is 12.1. The molecule has 4 nitrogen and oxygen atoms in total. The van der Waals surface area contributed by atoms with E-state index in [2.05, 4.69) is 5.32 Å². The van der Waals surface area contributed by atoms with Crippen LogP contribution >= 0.6 is 11.6 Å². The van der Waals surface area contributed by atoms with Crippen molar-refractivity contribution in [1.29, 1.82) is 0 Å². The number of amides is 1. The molecule has 0 unspecified atom stereocenters. The van der Waals surface area contributed by atoms with Gasteiger partial charge in [-0.05, 0) is 39.0 Å². The van der Waals surface area contributed by atoms with Gasteiger partial charge in [0.15, 0.2) is 0 Å². The van der Waals surface area contributed by atoms with Gasteiger partial charge in [0.1, 0.15) is 5.60 Å². The van der Waals surface area contributed by atoms with E-state index in [0.29, 0.717) is 18.1 Å². The Balaban J connectivity index is 2.25. The van der Waals surface area contributed by atoms with Crippen LogP contribution in [0.2, 0.25) is 5.02 Å². The number of hydrogen-bond donors (Lipinski definition) is 1. The molecule has 2 rings (SSSR count). The van der Waals surface area contributed by atoms with Crippen molar-refractivity contribution in [3.05, 3.63) is 23.2 Å². The van der Waals surface area contributed by atoms with E-state index in [1.165, 1.54) is 0 Å². The highest BCUT2D eigenvalue weighted by atomic mass is 35.5.